The summed E-state index contributed by atoms with van der Waals surface area (Å²) in [5.41, 5.74) is 2.16. The van der Waals surface area contributed by atoms with Crippen LogP contribution in [-0.2, 0) is 14.8 Å². The Bertz CT molecular complexity index is 1180. The number of Topliss-reactive ketones (excluding diaryl/α,β-unsaturated/α-hetero) is 1. The van der Waals surface area contributed by atoms with E-state index in [0.717, 1.165) is 30.5 Å². The molecular formula is C24H26N4O3S. The fraction of sp³-hybridized carbons (Fsp3) is 0.292. The number of hydrogen-bond donors (Lipinski definition) is 2. The number of imidazole rings is 1. The van der Waals surface area contributed by atoms with Crippen LogP contribution < -0.4 is 4.72 Å². The highest BCUT2D eigenvalue weighted by molar-refractivity contribution is 7.89. The highest BCUT2D eigenvalue weighted by atomic mass is 32.2. The Balaban J connectivity index is 1.79. The summed E-state index contributed by atoms with van der Waals surface area (Å²) in [6.45, 7) is 1.57. The third kappa shape index (κ3) is 6.36. The van der Waals surface area contributed by atoms with Crippen LogP contribution in [0.1, 0.15) is 56.5 Å². The minimum atomic E-state index is -3.82. The molecule has 0 spiro atoms. The highest BCUT2D eigenvalue weighted by Crippen LogP contribution is 2.24. The molecule has 3 rings (SSSR count). The van der Waals surface area contributed by atoms with Crippen molar-refractivity contribution < 1.29 is 13.2 Å². The lowest BCUT2D eigenvalue weighted by Crippen LogP contribution is -2.29. The van der Waals surface area contributed by atoms with Gasteiger partial charge in [0.25, 0.3) is 0 Å². The van der Waals surface area contributed by atoms with Gasteiger partial charge in [0.1, 0.15) is 11.6 Å². The van der Waals surface area contributed by atoms with Crippen molar-refractivity contribution in [1.82, 2.24) is 14.7 Å². The first-order valence-corrected chi connectivity index (χ1v) is 12.0. The predicted molar refractivity (Wildman–Crippen MR) is 122 cm³/mol. The molecule has 0 amide bonds. The van der Waals surface area contributed by atoms with Gasteiger partial charge in [0, 0.05) is 6.42 Å². The minimum Gasteiger partial charge on any atom is -0.341 e. The van der Waals surface area contributed by atoms with Crippen molar-refractivity contribution in [3.63, 3.8) is 0 Å². The summed E-state index contributed by atoms with van der Waals surface area (Å²) >= 11 is 0. The number of aromatic nitrogens is 2. The second-order valence-corrected chi connectivity index (χ2v) is 9.37. The molecule has 1 aromatic heterocycles. The molecule has 0 saturated carbocycles. The fourth-order valence-electron chi connectivity index (χ4n) is 3.39. The lowest BCUT2D eigenvalue weighted by atomic mass is 10.1. The molecule has 0 aliphatic carbocycles. The monoisotopic (exact) mass is 450 g/mol. The van der Waals surface area contributed by atoms with Gasteiger partial charge in [0.05, 0.1) is 34.5 Å². The van der Waals surface area contributed by atoms with Gasteiger partial charge in [0.2, 0.25) is 10.0 Å². The third-order valence-electron chi connectivity index (χ3n) is 5.12. The molecule has 0 fully saturated rings. The largest absolute Gasteiger partial charge is 0.341 e. The normalized spacial score (nSPS) is 12.2. The molecule has 1 heterocycles. The number of nitrogens with one attached hydrogen (secondary N) is 2. The molecule has 2 aromatic carbocycles. The van der Waals surface area contributed by atoms with Gasteiger partial charge >= 0.3 is 0 Å². The molecular weight excluding hydrogens is 424 g/mol. The van der Waals surface area contributed by atoms with Crippen LogP contribution in [0.5, 0.6) is 0 Å². The van der Waals surface area contributed by atoms with Crippen LogP contribution >= 0.6 is 0 Å². The van der Waals surface area contributed by atoms with Gasteiger partial charge < -0.3 is 9.78 Å². The molecule has 32 heavy (non-hydrogen) atoms. The van der Waals surface area contributed by atoms with Crippen molar-refractivity contribution in [2.45, 2.75) is 50.0 Å². The molecule has 0 aliphatic rings. The molecule has 3 aromatic rings. The zero-order valence-electron chi connectivity index (χ0n) is 17.9. The molecule has 0 bridgehead atoms. The van der Waals surface area contributed by atoms with Crippen molar-refractivity contribution in [3.8, 4) is 17.3 Å². The molecule has 7 nitrogen and oxygen atoms in total. The van der Waals surface area contributed by atoms with Gasteiger partial charge in [-0.05, 0) is 49.6 Å². The quantitative estimate of drug-likeness (QED) is 0.417. The molecule has 0 radical (unpaired) electrons. The molecule has 2 N–H and O–H groups in total. The van der Waals surface area contributed by atoms with E-state index in [0.29, 0.717) is 24.2 Å². The van der Waals surface area contributed by atoms with Gasteiger partial charge in [-0.2, -0.15) is 5.26 Å². The highest BCUT2D eigenvalue weighted by Gasteiger charge is 2.23. The molecule has 166 valence electrons. The Morgan fingerprint density at radius 2 is 1.81 bits per heavy atom. The van der Waals surface area contributed by atoms with Crippen LogP contribution in [-0.4, -0.2) is 24.2 Å². The number of nitriles is 1. The van der Waals surface area contributed by atoms with Crippen LogP contribution in [0.4, 0.5) is 0 Å². The predicted octanol–water partition coefficient (Wildman–Crippen LogP) is 4.51. The number of carbonyl (C=O) groups excluding carboxylic acids is 1. The van der Waals surface area contributed by atoms with Crippen molar-refractivity contribution in [3.05, 3.63) is 72.2 Å². The van der Waals surface area contributed by atoms with Crippen molar-refractivity contribution in [2.24, 2.45) is 0 Å². The smallest absolute Gasteiger partial charge is 0.241 e. The van der Waals surface area contributed by atoms with E-state index in [4.69, 9.17) is 5.26 Å². The van der Waals surface area contributed by atoms with E-state index in [1.54, 1.807) is 13.1 Å². The second-order valence-electron chi connectivity index (χ2n) is 7.66. The second kappa shape index (κ2) is 10.8. The maximum atomic E-state index is 13.0. The lowest BCUT2D eigenvalue weighted by Gasteiger charge is -2.17. The van der Waals surface area contributed by atoms with E-state index in [-0.39, 0.29) is 10.7 Å². The number of H-pyrrole nitrogens is 1. The SMILES string of the molecule is CC(=O)CCCCC[C@H](NS(=O)(=O)c1ccc(C#N)cc1)c1ncc(-c2ccccc2)[nH]1. The minimum absolute atomic E-state index is 0.0907. The van der Waals surface area contributed by atoms with Crippen LogP contribution in [0, 0.1) is 11.3 Å². The van der Waals surface area contributed by atoms with E-state index in [9.17, 15) is 13.2 Å². The van der Waals surface area contributed by atoms with Gasteiger partial charge in [-0.15, -0.1) is 0 Å². The molecule has 0 unspecified atom stereocenters. The summed E-state index contributed by atoms with van der Waals surface area (Å²) in [5.74, 6) is 0.689. The fourth-order valence-corrected chi connectivity index (χ4v) is 4.63. The van der Waals surface area contributed by atoms with Gasteiger partial charge in [-0.3, -0.25) is 0 Å². The summed E-state index contributed by atoms with van der Waals surface area (Å²) in [6.07, 6.45) is 5.10. The average molecular weight is 451 g/mol. The topological polar surface area (TPSA) is 116 Å². The van der Waals surface area contributed by atoms with Crippen LogP contribution in [0.2, 0.25) is 0 Å². The van der Waals surface area contributed by atoms with Crippen LogP contribution in [0.25, 0.3) is 11.3 Å². The first-order chi connectivity index (χ1) is 15.4. The Labute approximate surface area is 188 Å². The number of carbonyl (C=O) groups is 1. The van der Waals surface area contributed by atoms with Crippen LogP contribution in [0.3, 0.4) is 0 Å². The molecule has 1 atom stereocenters. The van der Waals surface area contributed by atoms with E-state index in [2.05, 4.69) is 14.7 Å². The van der Waals surface area contributed by atoms with E-state index in [1.165, 1.54) is 24.3 Å². The van der Waals surface area contributed by atoms with E-state index in [1.807, 2.05) is 36.4 Å². The van der Waals surface area contributed by atoms with Crippen molar-refractivity contribution in [1.29, 1.82) is 5.26 Å². The zero-order valence-corrected chi connectivity index (χ0v) is 18.7. The average Bonchev–Trinajstić information content (AvgIpc) is 3.29. The summed E-state index contributed by atoms with van der Waals surface area (Å²) in [5, 5.41) is 8.95. The molecule has 0 saturated heterocycles. The standard InChI is InChI=1S/C24H26N4O3S/c1-18(29)8-4-2-7-11-22(24-26-17-23(27-24)20-9-5-3-6-10-20)28-32(30,31)21-14-12-19(16-25)13-15-21/h3,5-6,9-10,12-15,17,22,28H,2,4,7-8,11H2,1H3,(H,26,27)/t22-/m0/s1. The summed E-state index contributed by atoms with van der Waals surface area (Å²) < 4.78 is 28.7. The number of nitrogens with zero attached hydrogens (tertiary/aromatic N) is 2. The van der Waals surface area contributed by atoms with Gasteiger partial charge in [-0.1, -0.05) is 43.2 Å². The Morgan fingerprint density at radius 3 is 2.47 bits per heavy atom. The maximum Gasteiger partial charge on any atom is 0.241 e. The van der Waals surface area contributed by atoms with Gasteiger partial charge in [-0.25, -0.2) is 18.1 Å². The Morgan fingerprint density at radius 1 is 1.09 bits per heavy atom. The summed E-state index contributed by atoms with van der Waals surface area (Å²) in [6, 6.07) is 16.9. The Kier molecular flexibility index (Phi) is 7.92. The van der Waals surface area contributed by atoms with Crippen LogP contribution in [0.15, 0.2) is 65.7 Å². The number of aromatic amines is 1. The third-order valence-corrected chi connectivity index (χ3v) is 6.61. The number of ketones is 1. The molecule has 0 aliphatic heterocycles. The first kappa shape index (κ1) is 23.4. The maximum absolute atomic E-state index is 13.0. The van der Waals surface area contributed by atoms with Crippen molar-refractivity contribution >= 4 is 15.8 Å². The number of unbranched alkanes of at least 4 members (excludes halogenated alkanes) is 2. The lowest BCUT2D eigenvalue weighted by molar-refractivity contribution is -0.117. The van der Waals surface area contributed by atoms with Gasteiger partial charge in [0.15, 0.2) is 0 Å². The summed E-state index contributed by atoms with van der Waals surface area (Å²) in [7, 11) is -3.82. The number of hydrogen-bond acceptors (Lipinski definition) is 5. The van der Waals surface area contributed by atoms with Crippen molar-refractivity contribution in [2.75, 3.05) is 0 Å². The Hall–Kier alpha value is -3.28. The van der Waals surface area contributed by atoms with E-state index < -0.39 is 16.1 Å². The first-order valence-electron chi connectivity index (χ1n) is 10.5. The number of sulfonamides is 1. The zero-order chi connectivity index (χ0) is 23.0. The van der Waals surface area contributed by atoms with E-state index >= 15 is 0 Å². The number of rotatable bonds is 11. The summed E-state index contributed by atoms with van der Waals surface area (Å²) in [4.78, 5) is 18.9. The molecule has 8 heteroatoms. The number of benzene rings is 2.